The van der Waals surface area contributed by atoms with E-state index in [1.165, 1.54) is 31.2 Å². The summed E-state index contributed by atoms with van der Waals surface area (Å²) in [6, 6.07) is 8.56. The maximum absolute atomic E-state index is 9.22. The molecule has 1 saturated carbocycles. The molecule has 1 unspecified atom stereocenters. The van der Waals surface area contributed by atoms with Gasteiger partial charge in [-0.3, -0.25) is 0 Å². The van der Waals surface area contributed by atoms with E-state index >= 15 is 0 Å². The summed E-state index contributed by atoms with van der Waals surface area (Å²) in [6.07, 6.45) is 6.29. The quantitative estimate of drug-likeness (QED) is 0.881. The van der Waals surface area contributed by atoms with Gasteiger partial charge in [-0.15, -0.1) is 0 Å². The predicted molar refractivity (Wildman–Crippen MR) is 70.5 cm³/mol. The van der Waals surface area contributed by atoms with Crippen molar-refractivity contribution >= 4 is 15.9 Å². The lowest BCUT2D eigenvalue weighted by atomic mass is 9.83. The highest BCUT2D eigenvalue weighted by Gasteiger charge is 2.25. The van der Waals surface area contributed by atoms with E-state index in [2.05, 4.69) is 40.2 Å². The standard InChI is InChI=1S/C14H19BrO/c15-13-7-3-6-12(10-13)14(8-9-16)11-4-1-2-5-11/h3,6-7,10-11,14,16H,1-2,4-5,8-9H2. The third-order valence-corrected chi connectivity index (χ3v) is 4.18. The highest BCUT2D eigenvalue weighted by Crippen LogP contribution is 2.39. The van der Waals surface area contributed by atoms with Crippen LogP contribution in [0.3, 0.4) is 0 Å². The molecule has 0 saturated heterocycles. The van der Waals surface area contributed by atoms with Crippen LogP contribution in [0.4, 0.5) is 0 Å². The molecule has 0 spiro atoms. The van der Waals surface area contributed by atoms with E-state index in [0.29, 0.717) is 12.5 Å². The summed E-state index contributed by atoms with van der Waals surface area (Å²) in [5.41, 5.74) is 1.38. The zero-order valence-corrected chi connectivity index (χ0v) is 11.1. The molecule has 0 bridgehead atoms. The van der Waals surface area contributed by atoms with E-state index in [0.717, 1.165) is 16.8 Å². The zero-order chi connectivity index (χ0) is 11.4. The summed E-state index contributed by atoms with van der Waals surface area (Å²) < 4.78 is 1.14. The lowest BCUT2D eigenvalue weighted by Gasteiger charge is -2.23. The molecule has 16 heavy (non-hydrogen) atoms. The second kappa shape index (κ2) is 5.83. The van der Waals surface area contributed by atoms with Crippen LogP contribution in [-0.2, 0) is 0 Å². The van der Waals surface area contributed by atoms with E-state index in [9.17, 15) is 5.11 Å². The van der Waals surface area contributed by atoms with Crippen molar-refractivity contribution in [2.45, 2.75) is 38.0 Å². The molecular weight excluding hydrogens is 264 g/mol. The molecule has 0 aromatic heterocycles. The van der Waals surface area contributed by atoms with Gasteiger partial charge in [-0.2, -0.15) is 0 Å². The summed E-state index contributed by atoms with van der Waals surface area (Å²) >= 11 is 3.53. The molecule has 2 rings (SSSR count). The van der Waals surface area contributed by atoms with Crippen LogP contribution in [0.25, 0.3) is 0 Å². The van der Waals surface area contributed by atoms with Crippen LogP contribution in [0, 0.1) is 5.92 Å². The van der Waals surface area contributed by atoms with Crippen molar-refractivity contribution in [3.8, 4) is 0 Å². The summed E-state index contributed by atoms with van der Waals surface area (Å²) in [6.45, 7) is 0.299. The molecule has 0 amide bonds. The molecule has 88 valence electrons. The number of aliphatic hydroxyl groups excluding tert-OH is 1. The van der Waals surface area contributed by atoms with Gasteiger partial charge in [0.05, 0.1) is 0 Å². The smallest absolute Gasteiger partial charge is 0.0436 e. The number of rotatable bonds is 4. The highest BCUT2D eigenvalue weighted by atomic mass is 79.9. The van der Waals surface area contributed by atoms with Crippen molar-refractivity contribution in [1.82, 2.24) is 0 Å². The van der Waals surface area contributed by atoms with E-state index in [4.69, 9.17) is 0 Å². The number of hydrogen-bond acceptors (Lipinski definition) is 1. The monoisotopic (exact) mass is 282 g/mol. The summed E-state index contributed by atoms with van der Waals surface area (Å²) in [7, 11) is 0. The Morgan fingerprint density at radius 1 is 1.31 bits per heavy atom. The van der Waals surface area contributed by atoms with Crippen LogP contribution >= 0.6 is 15.9 Å². The lowest BCUT2D eigenvalue weighted by Crippen LogP contribution is -2.11. The number of hydrogen-bond donors (Lipinski definition) is 1. The summed E-state index contributed by atoms with van der Waals surface area (Å²) in [5.74, 6) is 1.33. The van der Waals surface area contributed by atoms with E-state index in [1.807, 2.05) is 0 Å². The second-order valence-electron chi connectivity index (χ2n) is 4.72. The number of aliphatic hydroxyl groups is 1. The van der Waals surface area contributed by atoms with Gasteiger partial charge in [-0.05, 0) is 48.8 Å². The molecule has 1 aromatic carbocycles. The van der Waals surface area contributed by atoms with Gasteiger partial charge >= 0.3 is 0 Å². The van der Waals surface area contributed by atoms with Gasteiger partial charge in [0.2, 0.25) is 0 Å². The molecule has 2 heteroatoms. The van der Waals surface area contributed by atoms with Gasteiger partial charge in [0.15, 0.2) is 0 Å². The predicted octanol–water partition coefficient (Wildman–Crippen LogP) is 4.11. The molecular formula is C14H19BrO. The van der Waals surface area contributed by atoms with Crippen molar-refractivity contribution < 1.29 is 5.11 Å². The minimum atomic E-state index is 0.299. The van der Waals surface area contributed by atoms with Gasteiger partial charge in [0.1, 0.15) is 0 Å². The Labute approximate surface area is 106 Å². The second-order valence-corrected chi connectivity index (χ2v) is 5.63. The summed E-state index contributed by atoms with van der Waals surface area (Å²) in [4.78, 5) is 0. The van der Waals surface area contributed by atoms with Gasteiger partial charge in [0.25, 0.3) is 0 Å². The number of benzene rings is 1. The average molecular weight is 283 g/mol. The van der Waals surface area contributed by atoms with Gasteiger partial charge in [-0.25, -0.2) is 0 Å². The zero-order valence-electron chi connectivity index (χ0n) is 9.53. The van der Waals surface area contributed by atoms with E-state index in [1.54, 1.807) is 0 Å². The Morgan fingerprint density at radius 2 is 2.06 bits per heavy atom. The summed E-state index contributed by atoms with van der Waals surface area (Å²) in [5, 5.41) is 9.22. The van der Waals surface area contributed by atoms with Crippen LogP contribution in [-0.4, -0.2) is 11.7 Å². The Kier molecular flexibility index (Phi) is 4.42. The first-order valence-corrected chi connectivity index (χ1v) is 6.97. The first-order valence-electron chi connectivity index (χ1n) is 6.17. The van der Waals surface area contributed by atoms with Crippen molar-refractivity contribution in [3.05, 3.63) is 34.3 Å². The molecule has 1 N–H and O–H groups in total. The third kappa shape index (κ3) is 2.86. The molecule has 1 nitrogen and oxygen atoms in total. The topological polar surface area (TPSA) is 20.2 Å². The molecule has 0 aliphatic heterocycles. The molecule has 1 aromatic rings. The minimum Gasteiger partial charge on any atom is -0.396 e. The van der Waals surface area contributed by atoms with Crippen molar-refractivity contribution in [1.29, 1.82) is 0 Å². The SMILES string of the molecule is OCCC(c1cccc(Br)c1)C1CCCC1. The van der Waals surface area contributed by atoms with Crippen LogP contribution < -0.4 is 0 Å². The van der Waals surface area contributed by atoms with E-state index < -0.39 is 0 Å². The first-order chi connectivity index (χ1) is 7.81. The molecule has 1 atom stereocenters. The first kappa shape index (κ1) is 12.1. The molecule has 1 aliphatic rings. The molecule has 0 radical (unpaired) electrons. The molecule has 1 aliphatic carbocycles. The van der Waals surface area contributed by atoms with Gasteiger partial charge in [-0.1, -0.05) is 40.9 Å². The fourth-order valence-corrected chi connectivity index (χ4v) is 3.33. The van der Waals surface area contributed by atoms with E-state index in [-0.39, 0.29) is 0 Å². The largest absolute Gasteiger partial charge is 0.396 e. The Hall–Kier alpha value is -0.340. The highest BCUT2D eigenvalue weighted by molar-refractivity contribution is 9.10. The van der Waals surface area contributed by atoms with Crippen LogP contribution in [0.5, 0.6) is 0 Å². The Balaban J connectivity index is 2.17. The fourth-order valence-electron chi connectivity index (χ4n) is 2.91. The normalized spacial score (nSPS) is 18.9. The molecule has 1 fully saturated rings. The Bertz CT molecular complexity index is 331. The third-order valence-electron chi connectivity index (χ3n) is 3.69. The fraction of sp³-hybridized carbons (Fsp3) is 0.571. The average Bonchev–Trinajstić information content (AvgIpc) is 2.79. The van der Waals surface area contributed by atoms with Gasteiger partial charge < -0.3 is 5.11 Å². The maximum Gasteiger partial charge on any atom is 0.0436 e. The van der Waals surface area contributed by atoms with Crippen LogP contribution in [0.15, 0.2) is 28.7 Å². The number of halogens is 1. The maximum atomic E-state index is 9.22. The minimum absolute atomic E-state index is 0.299. The van der Waals surface area contributed by atoms with Crippen molar-refractivity contribution in [3.63, 3.8) is 0 Å². The van der Waals surface area contributed by atoms with Gasteiger partial charge in [0, 0.05) is 11.1 Å². The van der Waals surface area contributed by atoms with Crippen molar-refractivity contribution in [2.24, 2.45) is 5.92 Å². The van der Waals surface area contributed by atoms with Crippen molar-refractivity contribution in [2.75, 3.05) is 6.61 Å². The molecule has 0 heterocycles. The van der Waals surface area contributed by atoms with Crippen LogP contribution in [0.2, 0.25) is 0 Å². The Morgan fingerprint density at radius 3 is 2.69 bits per heavy atom. The lowest BCUT2D eigenvalue weighted by molar-refractivity contribution is 0.254. The van der Waals surface area contributed by atoms with Crippen LogP contribution in [0.1, 0.15) is 43.6 Å².